The molecule has 0 spiro atoms. The average Bonchev–Trinajstić information content (AvgIpc) is 3.58. The van der Waals surface area contributed by atoms with Crippen molar-refractivity contribution in [2.75, 3.05) is 13.7 Å². The highest BCUT2D eigenvalue weighted by molar-refractivity contribution is 8.01. The molecule has 0 radical (unpaired) electrons. The predicted octanol–water partition coefficient (Wildman–Crippen LogP) is 2.10. The molecule has 2 amide bonds. The van der Waals surface area contributed by atoms with E-state index in [1.807, 2.05) is 0 Å². The van der Waals surface area contributed by atoms with E-state index in [1.165, 1.54) is 30.3 Å². The number of methoxy groups -OCH3 is 1. The van der Waals surface area contributed by atoms with E-state index < -0.39 is 59.7 Å². The van der Waals surface area contributed by atoms with Crippen LogP contribution >= 0.6 is 11.8 Å². The summed E-state index contributed by atoms with van der Waals surface area (Å²) in [6.07, 6.45) is 0.371. The first-order valence-corrected chi connectivity index (χ1v) is 17.5. The summed E-state index contributed by atoms with van der Waals surface area (Å²) >= 11 is 0.966. The van der Waals surface area contributed by atoms with Crippen molar-refractivity contribution in [3.63, 3.8) is 0 Å². The zero-order chi connectivity index (χ0) is 36.0. The number of aromatic hydroxyl groups is 1. The van der Waals surface area contributed by atoms with Crippen LogP contribution in [0.15, 0.2) is 53.6 Å². The number of carbonyl (C=O) groups excluding carboxylic acids is 3. The first-order chi connectivity index (χ1) is 23.9. The van der Waals surface area contributed by atoms with Gasteiger partial charge in [-0.1, -0.05) is 54.4 Å². The van der Waals surface area contributed by atoms with Crippen LogP contribution in [0.5, 0.6) is 5.75 Å². The van der Waals surface area contributed by atoms with Crippen LogP contribution in [-0.2, 0) is 25.6 Å². The number of rotatable bonds is 12. The fourth-order valence-corrected chi connectivity index (χ4v) is 7.83. The summed E-state index contributed by atoms with van der Waals surface area (Å²) in [6.45, 7) is 2.61. The van der Waals surface area contributed by atoms with Gasteiger partial charge < -0.3 is 40.5 Å². The fraction of sp³-hybridized carbons (Fsp3) is 0.514. The van der Waals surface area contributed by atoms with Gasteiger partial charge in [0.15, 0.2) is 0 Å². The van der Waals surface area contributed by atoms with E-state index in [2.05, 4.69) is 20.9 Å². The number of nitrogens with one attached hydrogen (secondary N) is 2. The molecule has 1 saturated carbocycles. The summed E-state index contributed by atoms with van der Waals surface area (Å²) in [4.78, 5) is 38.4. The number of phenols is 1. The molecule has 270 valence electrons. The van der Waals surface area contributed by atoms with Crippen molar-refractivity contribution in [3.8, 4) is 5.75 Å². The Morgan fingerprint density at radius 3 is 2.44 bits per heavy atom. The zero-order valence-electron chi connectivity index (χ0n) is 28.3. The molecule has 0 bridgehead atoms. The van der Waals surface area contributed by atoms with Gasteiger partial charge in [0, 0.05) is 35.5 Å². The number of aliphatic hydroxyl groups is 3. The second kappa shape index (κ2) is 16.3. The molecule has 1 aliphatic heterocycles. The number of phenolic OH excluding ortho intramolecular Hbond substituents is 1. The van der Waals surface area contributed by atoms with Gasteiger partial charge in [-0.2, -0.15) is 0 Å². The summed E-state index contributed by atoms with van der Waals surface area (Å²) in [7, 11) is 1.17. The minimum Gasteiger partial charge on any atom is -0.507 e. The number of thioether (sulfide) groups is 1. The largest absolute Gasteiger partial charge is 0.507 e. The molecule has 2 heterocycles. The highest BCUT2D eigenvalue weighted by Crippen LogP contribution is 2.44. The Morgan fingerprint density at radius 1 is 1.10 bits per heavy atom. The van der Waals surface area contributed by atoms with Crippen molar-refractivity contribution in [1.82, 2.24) is 25.6 Å². The third-order valence-electron chi connectivity index (χ3n) is 9.26. The first kappa shape index (κ1) is 37.2. The minimum atomic E-state index is -1.87. The standard InChI is InChI=1S/C35H45N5O9S/c1-20-14-23(15-21(2)30(20)44)33(46)36-17-27(42)31(45)32-29(37-28(43)19-40-18-25(38-39-40)22-10-6-4-7-11-22)26(41)16-35(49-32,34(47)48-3)50-24-12-8-5-9-13-24/h5,8-9,12-15,18,22,26-27,29,31-32,41-42,44-45H,4,6-7,10-11,16-17,19H2,1-3H3,(H,36,46)(H,37,43)/t26-,27+,29+,31+,32+,35?/m0/s1. The van der Waals surface area contributed by atoms with Crippen LogP contribution in [0, 0.1) is 13.8 Å². The molecule has 2 fully saturated rings. The molecule has 5 rings (SSSR count). The van der Waals surface area contributed by atoms with Gasteiger partial charge in [0.05, 0.1) is 31.1 Å². The maximum atomic E-state index is 13.4. The molecule has 1 unspecified atom stereocenters. The second-order valence-corrected chi connectivity index (χ2v) is 14.3. The van der Waals surface area contributed by atoms with Crippen LogP contribution in [0.3, 0.4) is 0 Å². The molecule has 14 nitrogen and oxygen atoms in total. The zero-order valence-corrected chi connectivity index (χ0v) is 29.1. The molecule has 15 heteroatoms. The van der Waals surface area contributed by atoms with Crippen LogP contribution in [0.25, 0.3) is 0 Å². The van der Waals surface area contributed by atoms with E-state index in [4.69, 9.17) is 9.47 Å². The van der Waals surface area contributed by atoms with Gasteiger partial charge in [-0.05, 0) is 62.1 Å². The normalized spacial score (nSPS) is 23.8. The van der Waals surface area contributed by atoms with Crippen LogP contribution in [-0.4, -0.2) is 102 Å². The summed E-state index contributed by atoms with van der Waals surface area (Å²) in [5.74, 6) is -1.63. The molecule has 3 aromatic rings. The van der Waals surface area contributed by atoms with Gasteiger partial charge in [-0.15, -0.1) is 5.10 Å². The van der Waals surface area contributed by atoms with Crippen molar-refractivity contribution < 1.29 is 44.3 Å². The van der Waals surface area contributed by atoms with Crippen LogP contribution in [0.1, 0.15) is 71.6 Å². The summed E-state index contributed by atoms with van der Waals surface area (Å²) < 4.78 is 12.8. The molecule has 2 aliphatic rings. The van der Waals surface area contributed by atoms with E-state index in [9.17, 15) is 34.8 Å². The Balaban J connectivity index is 1.35. The number of aliphatic hydroxyl groups excluding tert-OH is 3. The topological polar surface area (TPSA) is 205 Å². The Hall–Kier alpha value is -4.02. The van der Waals surface area contributed by atoms with Gasteiger partial charge in [-0.3, -0.25) is 9.59 Å². The van der Waals surface area contributed by atoms with E-state index in [1.54, 1.807) is 50.4 Å². The number of nitrogens with zero attached hydrogens (tertiary/aromatic N) is 3. The number of amides is 2. The smallest absolute Gasteiger partial charge is 0.349 e. The lowest BCUT2D eigenvalue weighted by atomic mass is 9.87. The fourth-order valence-electron chi connectivity index (χ4n) is 6.58. The quantitative estimate of drug-likeness (QED) is 0.150. The van der Waals surface area contributed by atoms with E-state index in [-0.39, 0.29) is 30.2 Å². The lowest BCUT2D eigenvalue weighted by molar-refractivity contribution is -0.204. The van der Waals surface area contributed by atoms with Crippen LogP contribution < -0.4 is 10.6 Å². The minimum absolute atomic E-state index is 0.0639. The van der Waals surface area contributed by atoms with Gasteiger partial charge in [-0.25, -0.2) is 9.48 Å². The van der Waals surface area contributed by atoms with Crippen LogP contribution in [0.4, 0.5) is 0 Å². The maximum absolute atomic E-state index is 13.4. The third kappa shape index (κ3) is 8.64. The molecule has 1 aliphatic carbocycles. The molecule has 2 aromatic carbocycles. The van der Waals surface area contributed by atoms with Gasteiger partial charge in [0.25, 0.3) is 5.91 Å². The third-order valence-corrected chi connectivity index (χ3v) is 10.5. The summed E-state index contributed by atoms with van der Waals surface area (Å²) in [5.41, 5.74) is 2.03. The monoisotopic (exact) mass is 711 g/mol. The van der Waals surface area contributed by atoms with E-state index in [0.717, 1.165) is 43.1 Å². The van der Waals surface area contributed by atoms with Gasteiger partial charge >= 0.3 is 5.97 Å². The summed E-state index contributed by atoms with van der Waals surface area (Å²) in [6, 6.07) is 10.5. The van der Waals surface area contributed by atoms with Crippen molar-refractivity contribution >= 4 is 29.5 Å². The Kier molecular flexibility index (Phi) is 12.2. The van der Waals surface area contributed by atoms with Crippen molar-refractivity contribution in [2.45, 2.75) is 105 Å². The van der Waals surface area contributed by atoms with Crippen LogP contribution in [0.2, 0.25) is 0 Å². The highest BCUT2D eigenvalue weighted by Gasteiger charge is 2.56. The van der Waals surface area contributed by atoms with E-state index in [0.29, 0.717) is 16.0 Å². The Bertz CT molecular complexity index is 1630. The molecule has 50 heavy (non-hydrogen) atoms. The van der Waals surface area contributed by atoms with Gasteiger partial charge in [0.2, 0.25) is 10.8 Å². The Labute approximate surface area is 294 Å². The Morgan fingerprint density at radius 2 is 1.78 bits per heavy atom. The molecule has 1 saturated heterocycles. The predicted molar refractivity (Wildman–Crippen MR) is 182 cm³/mol. The number of aryl methyl sites for hydroxylation is 2. The number of benzene rings is 2. The lowest BCUT2D eigenvalue weighted by Crippen LogP contribution is -2.67. The summed E-state index contributed by atoms with van der Waals surface area (Å²) in [5, 5.41) is 57.9. The number of esters is 1. The SMILES string of the molecule is COC(=O)C1(Sc2ccccc2)C[C@H](O)[C@@H](NC(=O)Cn2cc(C3CCCCC3)nn2)[C@H]([C@H](O)[C@H](O)CNC(=O)c2cc(C)c(O)c(C)c2)O1. The molecular formula is C35H45N5O9S. The van der Waals surface area contributed by atoms with Gasteiger partial charge in [0.1, 0.15) is 24.5 Å². The average molecular weight is 712 g/mol. The van der Waals surface area contributed by atoms with Crippen molar-refractivity contribution in [1.29, 1.82) is 0 Å². The molecule has 1 aromatic heterocycles. The number of ether oxygens (including phenoxy) is 2. The number of hydrogen-bond acceptors (Lipinski definition) is 12. The molecule has 6 atom stereocenters. The molecule has 6 N–H and O–H groups in total. The highest BCUT2D eigenvalue weighted by atomic mass is 32.2. The molecular weight excluding hydrogens is 666 g/mol. The van der Waals surface area contributed by atoms with Crippen molar-refractivity contribution in [2.24, 2.45) is 0 Å². The number of hydrogen-bond donors (Lipinski definition) is 6. The maximum Gasteiger partial charge on any atom is 0.349 e. The van der Waals surface area contributed by atoms with Crippen molar-refractivity contribution in [3.05, 3.63) is 71.0 Å². The van der Waals surface area contributed by atoms with E-state index >= 15 is 0 Å². The number of carbonyl (C=O) groups is 3. The number of aromatic nitrogens is 3. The second-order valence-electron chi connectivity index (χ2n) is 13.0. The lowest BCUT2D eigenvalue weighted by Gasteiger charge is -2.47. The first-order valence-electron chi connectivity index (χ1n) is 16.7.